The predicted molar refractivity (Wildman–Crippen MR) is 116 cm³/mol. The van der Waals surface area contributed by atoms with Crippen LogP contribution in [0.25, 0.3) is 0 Å². The molecule has 3 aliphatic heterocycles. The Kier molecular flexibility index (Phi) is 6.65. The minimum absolute atomic E-state index is 0.00894. The summed E-state index contributed by atoms with van der Waals surface area (Å²) in [6.07, 6.45) is 6.39. The molecule has 3 heterocycles. The van der Waals surface area contributed by atoms with Gasteiger partial charge in [-0.1, -0.05) is 60.7 Å². The second-order valence-electron chi connectivity index (χ2n) is 8.52. The zero-order chi connectivity index (χ0) is 20.9. The number of ether oxygens (including phenoxy) is 5. The number of hydrogen-bond acceptors (Lipinski definition) is 5. The largest absolute Gasteiger partial charge is 0.496 e. The summed E-state index contributed by atoms with van der Waals surface area (Å²) in [5.74, 6) is 0. The van der Waals surface area contributed by atoms with Crippen molar-refractivity contribution in [3.8, 4) is 0 Å². The Bertz CT molecular complexity index is 839. The van der Waals surface area contributed by atoms with Crippen LogP contribution >= 0.6 is 0 Å². The highest BCUT2D eigenvalue weighted by molar-refractivity contribution is 5.14. The lowest BCUT2D eigenvalue weighted by Crippen LogP contribution is -2.57. The van der Waals surface area contributed by atoms with Crippen molar-refractivity contribution in [2.45, 2.75) is 69.1 Å². The van der Waals surface area contributed by atoms with E-state index in [1.54, 1.807) is 6.26 Å². The van der Waals surface area contributed by atoms with E-state index < -0.39 is 0 Å². The Hall–Kier alpha value is -2.18. The van der Waals surface area contributed by atoms with E-state index in [2.05, 4.69) is 24.3 Å². The van der Waals surface area contributed by atoms with Gasteiger partial charge < -0.3 is 23.7 Å². The Morgan fingerprint density at radius 1 is 0.742 bits per heavy atom. The van der Waals surface area contributed by atoms with Crippen LogP contribution in [0.2, 0.25) is 0 Å². The first-order chi connectivity index (χ1) is 15.3. The molecule has 164 valence electrons. The molecule has 3 aliphatic rings. The van der Waals surface area contributed by atoms with Gasteiger partial charge in [-0.3, -0.25) is 0 Å². The molecule has 2 aromatic rings. The number of benzene rings is 2. The van der Waals surface area contributed by atoms with Crippen LogP contribution in [0, 0.1) is 0 Å². The highest BCUT2D eigenvalue weighted by atomic mass is 16.6. The van der Waals surface area contributed by atoms with Crippen molar-refractivity contribution in [2.75, 3.05) is 6.61 Å². The first-order valence-corrected chi connectivity index (χ1v) is 11.2. The number of fused-ring (bicyclic) bond motifs is 2. The normalized spacial score (nSPS) is 32.0. The molecule has 31 heavy (non-hydrogen) atoms. The lowest BCUT2D eigenvalue weighted by atomic mass is 9.89. The summed E-state index contributed by atoms with van der Waals surface area (Å²) in [5, 5.41) is 0. The number of rotatable bonds is 7. The molecular formula is C26H30O5. The van der Waals surface area contributed by atoms with Crippen molar-refractivity contribution in [3.63, 3.8) is 0 Å². The van der Waals surface area contributed by atoms with E-state index in [1.165, 1.54) is 0 Å². The van der Waals surface area contributed by atoms with Crippen molar-refractivity contribution in [1.29, 1.82) is 0 Å². The summed E-state index contributed by atoms with van der Waals surface area (Å²) in [6.45, 7) is 1.61. The standard InChI is InChI=1S/C26H30O5/c1-3-8-19(9-4-1)16-27-18-26-23(29-17-20-10-5-2-6-11-20)15-24-25(31-26)14-22-21(30-24)12-7-13-28-22/h1-11,13,21-26H,12,14-18H2/t21-,22+,23-,24+,25-,26+/m0/s1. The van der Waals surface area contributed by atoms with Gasteiger partial charge in [0, 0.05) is 12.8 Å². The minimum atomic E-state index is -0.132. The summed E-state index contributed by atoms with van der Waals surface area (Å²) in [7, 11) is 0. The molecule has 0 spiro atoms. The molecule has 0 unspecified atom stereocenters. The Morgan fingerprint density at radius 3 is 2.23 bits per heavy atom. The van der Waals surface area contributed by atoms with Crippen LogP contribution in [0.4, 0.5) is 0 Å². The molecule has 0 aliphatic carbocycles. The van der Waals surface area contributed by atoms with E-state index in [0.29, 0.717) is 19.8 Å². The Balaban J connectivity index is 1.23. The van der Waals surface area contributed by atoms with E-state index >= 15 is 0 Å². The van der Waals surface area contributed by atoms with Crippen LogP contribution in [-0.2, 0) is 36.9 Å². The van der Waals surface area contributed by atoms with Gasteiger partial charge in [0.05, 0.1) is 50.5 Å². The molecular weight excluding hydrogens is 392 g/mol. The predicted octanol–water partition coefficient (Wildman–Crippen LogP) is 4.41. The lowest BCUT2D eigenvalue weighted by Gasteiger charge is -2.48. The summed E-state index contributed by atoms with van der Waals surface area (Å²) in [5.41, 5.74) is 2.31. The molecule has 2 saturated heterocycles. The van der Waals surface area contributed by atoms with Crippen molar-refractivity contribution >= 4 is 0 Å². The maximum atomic E-state index is 6.50. The fraction of sp³-hybridized carbons (Fsp3) is 0.462. The average Bonchev–Trinajstić information content (AvgIpc) is 2.83. The third kappa shape index (κ3) is 5.18. The Morgan fingerprint density at radius 2 is 1.45 bits per heavy atom. The molecule has 5 rings (SSSR count). The highest BCUT2D eigenvalue weighted by Gasteiger charge is 2.46. The third-order valence-corrected chi connectivity index (χ3v) is 6.29. The van der Waals surface area contributed by atoms with E-state index in [-0.39, 0.29) is 36.6 Å². The lowest BCUT2D eigenvalue weighted by molar-refractivity contribution is -0.260. The molecule has 5 nitrogen and oxygen atoms in total. The second-order valence-corrected chi connectivity index (χ2v) is 8.52. The molecule has 2 fully saturated rings. The van der Waals surface area contributed by atoms with Gasteiger partial charge in [-0.2, -0.15) is 0 Å². The topological polar surface area (TPSA) is 46.2 Å². The van der Waals surface area contributed by atoms with Crippen molar-refractivity contribution < 1.29 is 23.7 Å². The van der Waals surface area contributed by atoms with Gasteiger partial charge in [0.25, 0.3) is 0 Å². The maximum Gasteiger partial charge on any atom is 0.127 e. The van der Waals surface area contributed by atoms with Crippen LogP contribution in [0.15, 0.2) is 73.0 Å². The fourth-order valence-corrected chi connectivity index (χ4v) is 4.64. The van der Waals surface area contributed by atoms with Crippen molar-refractivity contribution in [3.05, 3.63) is 84.1 Å². The molecule has 0 amide bonds. The van der Waals surface area contributed by atoms with E-state index in [9.17, 15) is 0 Å². The summed E-state index contributed by atoms with van der Waals surface area (Å²) < 4.78 is 31.0. The summed E-state index contributed by atoms with van der Waals surface area (Å²) >= 11 is 0. The van der Waals surface area contributed by atoms with E-state index in [0.717, 1.165) is 30.4 Å². The summed E-state index contributed by atoms with van der Waals surface area (Å²) in [4.78, 5) is 0. The van der Waals surface area contributed by atoms with Crippen LogP contribution < -0.4 is 0 Å². The van der Waals surface area contributed by atoms with Crippen LogP contribution in [0.3, 0.4) is 0 Å². The van der Waals surface area contributed by atoms with Crippen LogP contribution in [0.5, 0.6) is 0 Å². The molecule has 0 N–H and O–H groups in total. The van der Waals surface area contributed by atoms with Crippen LogP contribution in [0.1, 0.15) is 30.4 Å². The number of hydrogen-bond donors (Lipinski definition) is 0. The van der Waals surface area contributed by atoms with Crippen molar-refractivity contribution in [1.82, 2.24) is 0 Å². The zero-order valence-corrected chi connectivity index (χ0v) is 17.7. The van der Waals surface area contributed by atoms with Gasteiger partial charge in [0.1, 0.15) is 12.2 Å². The van der Waals surface area contributed by atoms with Gasteiger partial charge in [-0.15, -0.1) is 0 Å². The molecule has 0 radical (unpaired) electrons. The maximum absolute atomic E-state index is 6.50. The molecule has 6 atom stereocenters. The molecule has 0 bridgehead atoms. The van der Waals surface area contributed by atoms with Gasteiger partial charge in [0.15, 0.2) is 0 Å². The Labute approximate surface area is 183 Å². The summed E-state index contributed by atoms with van der Waals surface area (Å²) in [6, 6.07) is 20.5. The fourth-order valence-electron chi connectivity index (χ4n) is 4.64. The van der Waals surface area contributed by atoms with E-state index in [4.69, 9.17) is 23.7 Å². The van der Waals surface area contributed by atoms with E-state index in [1.807, 2.05) is 42.5 Å². The second kappa shape index (κ2) is 9.96. The SMILES string of the molecule is C1=CO[C@@H]2C[C@@H]3O[C@H](COCc4ccccc4)[C@@H](OCc4ccccc4)C[C@H]3O[C@H]2C1. The first kappa shape index (κ1) is 20.7. The molecule has 0 aromatic heterocycles. The molecule has 0 saturated carbocycles. The van der Waals surface area contributed by atoms with Gasteiger partial charge in [-0.25, -0.2) is 0 Å². The van der Waals surface area contributed by atoms with Gasteiger partial charge >= 0.3 is 0 Å². The van der Waals surface area contributed by atoms with Gasteiger partial charge in [-0.05, 0) is 23.6 Å². The minimum Gasteiger partial charge on any atom is -0.496 e. The highest BCUT2D eigenvalue weighted by Crippen LogP contribution is 2.36. The quantitative estimate of drug-likeness (QED) is 0.662. The van der Waals surface area contributed by atoms with Gasteiger partial charge in [0.2, 0.25) is 0 Å². The zero-order valence-electron chi connectivity index (χ0n) is 17.7. The van der Waals surface area contributed by atoms with Crippen LogP contribution in [-0.4, -0.2) is 43.2 Å². The third-order valence-electron chi connectivity index (χ3n) is 6.29. The molecule has 5 heteroatoms. The smallest absolute Gasteiger partial charge is 0.127 e. The van der Waals surface area contributed by atoms with Crippen molar-refractivity contribution in [2.24, 2.45) is 0 Å². The monoisotopic (exact) mass is 422 g/mol. The first-order valence-electron chi connectivity index (χ1n) is 11.2. The average molecular weight is 423 g/mol. The molecule has 2 aromatic carbocycles.